The Labute approximate surface area is 453 Å². The van der Waals surface area contributed by atoms with E-state index in [4.69, 9.17) is 9.47 Å². The highest BCUT2D eigenvalue weighted by Crippen LogP contribution is 2.49. The van der Waals surface area contributed by atoms with Gasteiger partial charge in [0.25, 0.3) is 6.71 Å². The molecule has 0 bridgehead atoms. The molecule has 0 atom stereocenters. The zero-order valence-corrected chi connectivity index (χ0v) is 46.4. The molecule has 4 nitrogen and oxygen atoms in total. The molecule has 0 fully saturated rings. The van der Waals surface area contributed by atoms with Crippen LogP contribution in [0.1, 0.15) is 91.0 Å². The van der Waals surface area contributed by atoms with Crippen LogP contribution in [0.15, 0.2) is 176 Å². The van der Waals surface area contributed by atoms with Gasteiger partial charge < -0.3 is 19.3 Å². The average molecular weight is 1010 g/mol. The van der Waals surface area contributed by atoms with Crippen LogP contribution in [-0.2, 0) is 16.2 Å². The molecular formula is C70H65BN2O2S. The first-order chi connectivity index (χ1) is 36.4. The van der Waals surface area contributed by atoms with Crippen molar-refractivity contribution < 1.29 is 9.47 Å². The molecule has 0 aliphatic carbocycles. The normalized spacial score (nSPS) is 14.2. The van der Waals surface area contributed by atoms with Crippen LogP contribution < -0.4 is 35.7 Å². The zero-order chi connectivity index (χ0) is 52.4. The van der Waals surface area contributed by atoms with Crippen molar-refractivity contribution in [3.63, 3.8) is 0 Å². The van der Waals surface area contributed by atoms with Gasteiger partial charge in [-0.25, -0.2) is 0 Å². The number of nitrogens with zero attached hydrogens (tertiary/aromatic N) is 2. The summed E-state index contributed by atoms with van der Waals surface area (Å²) >= 11 is 1.87. The molecule has 3 aliphatic heterocycles. The molecule has 76 heavy (non-hydrogen) atoms. The van der Waals surface area contributed by atoms with E-state index in [9.17, 15) is 0 Å². The van der Waals surface area contributed by atoms with Crippen molar-refractivity contribution in [1.82, 2.24) is 0 Å². The van der Waals surface area contributed by atoms with Gasteiger partial charge in [0, 0.05) is 66.8 Å². The topological polar surface area (TPSA) is 24.9 Å². The van der Waals surface area contributed by atoms with E-state index < -0.39 is 0 Å². The fourth-order valence-electron chi connectivity index (χ4n) is 11.9. The smallest absolute Gasteiger partial charge is 0.252 e. The Kier molecular flexibility index (Phi) is 11.3. The van der Waals surface area contributed by atoms with Gasteiger partial charge in [0.1, 0.15) is 0 Å². The highest BCUT2D eigenvalue weighted by atomic mass is 32.1. The van der Waals surface area contributed by atoms with E-state index in [-0.39, 0.29) is 23.0 Å². The molecule has 6 heteroatoms. The summed E-state index contributed by atoms with van der Waals surface area (Å²) in [6.07, 6.45) is 0.834. The largest absolute Gasteiger partial charge is 0.490 e. The van der Waals surface area contributed by atoms with Gasteiger partial charge >= 0.3 is 0 Å². The lowest BCUT2D eigenvalue weighted by Crippen LogP contribution is -2.61. The van der Waals surface area contributed by atoms with Crippen LogP contribution in [0.5, 0.6) is 11.5 Å². The minimum Gasteiger partial charge on any atom is -0.490 e. The van der Waals surface area contributed by atoms with Crippen molar-refractivity contribution in [2.45, 2.75) is 91.9 Å². The van der Waals surface area contributed by atoms with Crippen molar-refractivity contribution in [2.24, 2.45) is 0 Å². The molecule has 376 valence electrons. The van der Waals surface area contributed by atoms with Crippen LogP contribution in [0.4, 0.5) is 34.1 Å². The number of thiophene rings is 1. The Bertz CT molecular complexity index is 3850. The van der Waals surface area contributed by atoms with Gasteiger partial charge in [0.05, 0.1) is 13.2 Å². The standard InChI is InChI=1S/C70H65BN2O2S/c1-43-34-61-67-62(35-43)73(54-37-48(44-16-22-50(23-17-44)68(2,3)4)36-49(38-54)45-18-24-51(25-19-45)69(5,6)7)59-39-46(47-20-30-56-55-14-11-12-15-65(55)76-66(56)40-47)21-31-57(59)71(67)58-41-63-64(75-33-13-32-74-63)42-60(58)72(61)53-28-26-52(27-29-53)70(8,9)10/h11-12,14-31,34-42H,13,32-33H2,1-10H3. The summed E-state index contributed by atoms with van der Waals surface area (Å²) in [6, 6.07) is 67.5. The predicted octanol–water partition coefficient (Wildman–Crippen LogP) is 17.5. The molecule has 1 aromatic heterocycles. The Morgan fingerprint density at radius 1 is 0.408 bits per heavy atom. The van der Waals surface area contributed by atoms with E-state index in [0.717, 1.165) is 35.0 Å². The first-order valence-electron chi connectivity index (χ1n) is 27.2. The van der Waals surface area contributed by atoms with Crippen LogP contribution in [0, 0.1) is 6.92 Å². The van der Waals surface area contributed by atoms with Gasteiger partial charge in [-0.1, -0.05) is 165 Å². The second-order valence-corrected chi connectivity index (χ2v) is 25.6. The first-order valence-corrected chi connectivity index (χ1v) is 28.0. The summed E-state index contributed by atoms with van der Waals surface area (Å²) in [4.78, 5) is 5.08. The second kappa shape index (κ2) is 17.8. The molecule has 0 N–H and O–H groups in total. The number of anilines is 6. The van der Waals surface area contributed by atoms with E-state index in [1.165, 1.54) is 109 Å². The maximum Gasteiger partial charge on any atom is 0.252 e. The van der Waals surface area contributed by atoms with E-state index in [0.29, 0.717) is 13.2 Å². The van der Waals surface area contributed by atoms with E-state index in [2.05, 4.69) is 255 Å². The molecule has 0 saturated heterocycles. The zero-order valence-electron chi connectivity index (χ0n) is 45.6. The lowest BCUT2D eigenvalue weighted by molar-refractivity contribution is 0.297. The Morgan fingerprint density at radius 3 is 1.51 bits per heavy atom. The quantitative estimate of drug-likeness (QED) is 0.160. The number of ether oxygens (including phenoxy) is 2. The van der Waals surface area contributed by atoms with Crippen LogP contribution in [0.2, 0.25) is 0 Å². The third-order valence-corrected chi connectivity index (χ3v) is 17.3. The molecule has 10 aromatic rings. The van der Waals surface area contributed by atoms with Crippen molar-refractivity contribution in [1.29, 1.82) is 0 Å². The number of rotatable bonds is 5. The Hall–Kier alpha value is -7.54. The van der Waals surface area contributed by atoms with E-state index in [1.807, 2.05) is 11.3 Å². The van der Waals surface area contributed by atoms with Gasteiger partial charge in [0.2, 0.25) is 0 Å². The molecule has 0 radical (unpaired) electrons. The van der Waals surface area contributed by atoms with Crippen LogP contribution in [0.3, 0.4) is 0 Å². The second-order valence-electron chi connectivity index (χ2n) is 24.5. The molecule has 4 heterocycles. The maximum atomic E-state index is 6.58. The van der Waals surface area contributed by atoms with Crippen LogP contribution >= 0.6 is 11.3 Å². The first kappa shape index (κ1) is 48.1. The number of benzene rings is 9. The molecular weight excluding hydrogens is 944 g/mol. The van der Waals surface area contributed by atoms with E-state index in [1.54, 1.807) is 0 Å². The summed E-state index contributed by atoms with van der Waals surface area (Å²) < 4.78 is 15.7. The molecule has 0 spiro atoms. The summed E-state index contributed by atoms with van der Waals surface area (Å²) in [5.41, 5.74) is 22.9. The lowest BCUT2D eigenvalue weighted by Gasteiger charge is -2.44. The maximum absolute atomic E-state index is 6.58. The monoisotopic (exact) mass is 1010 g/mol. The molecule has 13 rings (SSSR count). The van der Waals surface area contributed by atoms with Crippen LogP contribution in [-0.4, -0.2) is 19.9 Å². The number of fused-ring (bicyclic) bond motifs is 8. The number of hydrogen-bond donors (Lipinski definition) is 0. The molecule has 9 aromatic carbocycles. The number of hydrogen-bond acceptors (Lipinski definition) is 5. The van der Waals surface area contributed by atoms with Crippen molar-refractivity contribution in [2.75, 3.05) is 23.0 Å². The highest BCUT2D eigenvalue weighted by molar-refractivity contribution is 7.25. The minimum atomic E-state index is -0.106. The molecule has 0 unspecified atom stereocenters. The summed E-state index contributed by atoms with van der Waals surface area (Å²) in [5, 5.41) is 2.62. The SMILES string of the molecule is Cc1cc2c3c(c1)N(c1ccc(C(C)(C)C)cc1)c1cc4c(cc1B3c1ccc(-c3ccc5c(c3)sc3ccccc35)cc1N2c1cc(-c2ccc(C(C)(C)C)cc2)cc(-c2ccc(C(C)(C)C)cc2)c1)OCCCO4. The average Bonchev–Trinajstić information content (AvgIpc) is 3.80. The molecule has 0 saturated carbocycles. The number of aryl methyl sites for hydroxylation is 1. The van der Waals surface area contributed by atoms with Gasteiger partial charge in [-0.3, -0.25) is 0 Å². The van der Waals surface area contributed by atoms with Crippen molar-refractivity contribution in [3.05, 3.63) is 198 Å². The van der Waals surface area contributed by atoms with Gasteiger partial charge in [-0.15, -0.1) is 11.3 Å². The van der Waals surface area contributed by atoms with E-state index >= 15 is 0 Å². The lowest BCUT2D eigenvalue weighted by atomic mass is 9.33. The summed E-state index contributed by atoms with van der Waals surface area (Å²) in [6.45, 7) is 24.0. The third-order valence-electron chi connectivity index (χ3n) is 16.1. The molecule has 0 amide bonds. The van der Waals surface area contributed by atoms with Crippen molar-refractivity contribution >= 4 is 88.7 Å². The van der Waals surface area contributed by atoms with Gasteiger partial charge in [-0.2, -0.15) is 0 Å². The summed E-state index contributed by atoms with van der Waals surface area (Å²) in [5.74, 6) is 1.60. The summed E-state index contributed by atoms with van der Waals surface area (Å²) in [7, 11) is 0. The van der Waals surface area contributed by atoms with Gasteiger partial charge in [-0.05, 0) is 162 Å². The Balaban J connectivity index is 1.09. The van der Waals surface area contributed by atoms with Gasteiger partial charge in [0.15, 0.2) is 11.5 Å². The fraction of sp³-hybridized carbons (Fsp3) is 0.229. The van der Waals surface area contributed by atoms with Crippen molar-refractivity contribution in [3.8, 4) is 44.9 Å². The minimum absolute atomic E-state index is 0.0117. The Morgan fingerprint density at radius 2 is 0.908 bits per heavy atom. The van der Waals surface area contributed by atoms with Crippen LogP contribution in [0.25, 0.3) is 53.6 Å². The predicted molar refractivity (Wildman–Crippen MR) is 326 cm³/mol. The fourth-order valence-corrected chi connectivity index (χ4v) is 13.1. The third kappa shape index (κ3) is 8.28. The highest BCUT2D eigenvalue weighted by Gasteiger charge is 2.45. The molecule has 3 aliphatic rings.